The molecule has 25 heavy (non-hydrogen) atoms. The molecule has 4 aliphatic rings. The van der Waals surface area contributed by atoms with Gasteiger partial charge in [-0.25, -0.2) is 0 Å². The minimum atomic E-state index is -0.311. The van der Waals surface area contributed by atoms with Crippen LogP contribution in [0.4, 0.5) is 0 Å². The van der Waals surface area contributed by atoms with Crippen molar-refractivity contribution in [2.75, 3.05) is 0 Å². The summed E-state index contributed by atoms with van der Waals surface area (Å²) in [6.45, 7) is 0. The highest BCUT2D eigenvalue weighted by atomic mass is 79.9. The molecule has 5 rings (SSSR count). The molecule has 4 aliphatic carbocycles. The van der Waals surface area contributed by atoms with Crippen LogP contribution in [0.1, 0.15) is 44.1 Å². The van der Waals surface area contributed by atoms with E-state index in [0.717, 1.165) is 29.3 Å². The van der Waals surface area contributed by atoms with Gasteiger partial charge in [-0.15, -0.1) is 0 Å². The van der Waals surface area contributed by atoms with Crippen LogP contribution in [-0.4, -0.2) is 11.8 Å². The van der Waals surface area contributed by atoms with Gasteiger partial charge in [0.1, 0.15) is 0 Å². The first-order chi connectivity index (χ1) is 12.0. The molecule has 0 heterocycles. The molecule has 5 heteroatoms. The van der Waals surface area contributed by atoms with E-state index < -0.39 is 0 Å². The summed E-state index contributed by atoms with van der Waals surface area (Å²) in [7, 11) is 0. The van der Waals surface area contributed by atoms with E-state index in [2.05, 4.69) is 26.8 Å². The van der Waals surface area contributed by atoms with E-state index in [0.29, 0.717) is 17.8 Å². The first-order valence-electron chi connectivity index (χ1n) is 9.07. The second-order valence-corrected chi connectivity index (χ2v) is 8.85. The first-order valence-corrected chi connectivity index (χ1v) is 9.86. The van der Waals surface area contributed by atoms with Crippen molar-refractivity contribution in [1.29, 1.82) is 0 Å². The highest BCUT2D eigenvalue weighted by molar-refractivity contribution is 9.10. The Morgan fingerprint density at radius 3 is 2.20 bits per heavy atom. The summed E-state index contributed by atoms with van der Waals surface area (Å²) < 4.78 is 0.927. The van der Waals surface area contributed by atoms with Crippen LogP contribution in [0.2, 0.25) is 0 Å². The van der Waals surface area contributed by atoms with Crippen LogP contribution in [-0.2, 0) is 9.59 Å². The third kappa shape index (κ3) is 3.39. The van der Waals surface area contributed by atoms with Crippen molar-refractivity contribution in [2.24, 2.45) is 23.2 Å². The number of hydrazine groups is 1. The van der Waals surface area contributed by atoms with E-state index >= 15 is 0 Å². The lowest BCUT2D eigenvalue weighted by Gasteiger charge is -2.55. The second-order valence-electron chi connectivity index (χ2n) is 8.00. The van der Waals surface area contributed by atoms with Gasteiger partial charge in [0, 0.05) is 10.5 Å². The van der Waals surface area contributed by atoms with Crippen molar-refractivity contribution < 1.29 is 9.59 Å². The maximum absolute atomic E-state index is 12.8. The Labute approximate surface area is 156 Å². The van der Waals surface area contributed by atoms with Crippen molar-refractivity contribution in [3.05, 3.63) is 40.4 Å². The van der Waals surface area contributed by atoms with Crippen LogP contribution in [0, 0.1) is 23.2 Å². The smallest absolute Gasteiger partial charge is 0.262 e. The van der Waals surface area contributed by atoms with Gasteiger partial charge in [0.2, 0.25) is 5.91 Å². The van der Waals surface area contributed by atoms with Crippen molar-refractivity contribution in [3.8, 4) is 0 Å². The monoisotopic (exact) mass is 402 g/mol. The third-order valence-corrected chi connectivity index (χ3v) is 6.86. The topological polar surface area (TPSA) is 58.2 Å². The van der Waals surface area contributed by atoms with Gasteiger partial charge < -0.3 is 0 Å². The van der Waals surface area contributed by atoms with Crippen LogP contribution in [0.15, 0.2) is 34.8 Å². The van der Waals surface area contributed by atoms with Crippen molar-refractivity contribution in [3.63, 3.8) is 0 Å². The Morgan fingerprint density at radius 1 is 1.00 bits per heavy atom. The van der Waals surface area contributed by atoms with E-state index in [9.17, 15) is 9.59 Å². The standard InChI is InChI=1S/C20H23BrN2O2/c21-17-4-2-1-3-16(17)5-6-18(24)22-23-19(25)20-10-13-7-14(11-20)9-15(8-13)12-20/h1-6,13-15H,7-12H2,(H,22,24)(H,23,25)/b6-5+. The number of carbonyl (C=O) groups excluding carboxylic acids is 2. The molecule has 4 saturated carbocycles. The van der Waals surface area contributed by atoms with Crippen LogP contribution in [0.5, 0.6) is 0 Å². The summed E-state index contributed by atoms with van der Waals surface area (Å²) in [6.07, 6.45) is 10.1. The van der Waals surface area contributed by atoms with E-state index in [1.54, 1.807) is 6.08 Å². The molecule has 0 atom stereocenters. The number of rotatable bonds is 3. The lowest BCUT2D eigenvalue weighted by Crippen LogP contribution is -2.56. The molecule has 132 valence electrons. The Hall–Kier alpha value is -1.62. The van der Waals surface area contributed by atoms with Gasteiger partial charge in [-0.05, 0) is 74.0 Å². The van der Waals surface area contributed by atoms with Gasteiger partial charge in [-0.2, -0.15) is 0 Å². The molecule has 1 aromatic rings. The predicted molar refractivity (Wildman–Crippen MR) is 100 cm³/mol. The predicted octanol–water partition coefficient (Wildman–Crippen LogP) is 3.83. The second kappa shape index (κ2) is 6.60. The number of nitrogens with one attached hydrogen (secondary N) is 2. The Bertz CT molecular complexity index is 693. The molecule has 0 saturated heterocycles. The van der Waals surface area contributed by atoms with Crippen LogP contribution >= 0.6 is 15.9 Å². The molecule has 0 unspecified atom stereocenters. The Kier molecular flexibility index (Phi) is 4.44. The largest absolute Gasteiger partial charge is 0.273 e. The number of hydrogen-bond donors (Lipinski definition) is 2. The number of benzene rings is 1. The zero-order valence-electron chi connectivity index (χ0n) is 14.1. The number of hydrogen-bond acceptors (Lipinski definition) is 2. The third-order valence-electron chi connectivity index (χ3n) is 6.14. The van der Waals surface area contributed by atoms with Gasteiger partial charge in [-0.1, -0.05) is 34.1 Å². The summed E-state index contributed by atoms with van der Waals surface area (Å²) in [5.74, 6) is 1.83. The molecule has 4 fully saturated rings. The summed E-state index contributed by atoms with van der Waals surface area (Å²) in [5.41, 5.74) is 5.92. The van der Waals surface area contributed by atoms with Gasteiger partial charge in [0.25, 0.3) is 5.91 Å². The average Bonchev–Trinajstić information content (AvgIpc) is 2.57. The molecule has 4 nitrogen and oxygen atoms in total. The van der Waals surface area contributed by atoms with E-state index in [-0.39, 0.29) is 17.2 Å². The van der Waals surface area contributed by atoms with Gasteiger partial charge in [0.05, 0.1) is 5.41 Å². The summed E-state index contributed by atoms with van der Waals surface area (Å²) in [5, 5.41) is 0. The molecule has 2 N–H and O–H groups in total. The molecule has 0 spiro atoms. The minimum Gasteiger partial charge on any atom is -0.273 e. The fourth-order valence-corrected chi connectivity index (χ4v) is 5.87. The van der Waals surface area contributed by atoms with E-state index in [1.807, 2.05) is 24.3 Å². The van der Waals surface area contributed by atoms with Crippen molar-refractivity contribution >= 4 is 33.8 Å². The van der Waals surface area contributed by atoms with Crippen molar-refractivity contribution in [1.82, 2.24) is 10.9 Å². The zero-order chi connectivity index (χ0) is 17.4. The molecule has 1 aromatic carbocycles. The maximum atomic E-state index is 12.8. The summed E-state index contributed by atoms with van der Waals surface area (Å²) in [4.78, 5) is 24.8. The quantitative estimate of drug-likeness (QED) is 0.596. The molecule has 2 amide bonds. The lowest BCUT2D eigenvalue weighted by molar-refractivity contribution is -0.148. The van der Waals surface area contributed by atoms with E-state index in [4.69, 9.17) is 0 Å². The molecule has 0 aromatic heterocycles. The van der Waals surface area contributed by atoms with Crippen LogP contribution in [0.25, 0.3) is 6.08 Å². The number of carbonyl (C=O) groups is 2. The SMILES string of the molecule is O=C(/C=C/c1ccccc1Br)NNC(=O)C12CC3CC(CC(C3)C1)C2. The highest BCUT2D eigenvalue weighted by Gasteiger charge is 2.54. The fraction of sp³-hybridized carbons (Fsp3) is 0.500. The average molecular weight is 403 g/mol. The van der Waals surface area contributed by atoms with Gasteiger partial charge in [-0.3, -0.25) is 20.4 Å². The van der Waals surface area contributed by atoms with Crippen LogP contribution < -0.4 is 10.9 Å². The van der Waals surface area contributed by atoms with Crippen molar-refractivity contribution in [2.45, 2.75) is 38.5 Å². The molecular weight excluding hydrogens is 380 g/mol. The van der Waals surface area contributed by atoms with E-state index in [1.165, 1.54) is 25.3 Å². The Balaban J connectivity index is 1.34. The number of halogens is 1. The summed E-state index contributed by atoms with van der Waals surface area (Å²) in [6, 6.07) is 7.68. The molecule has 0 aliphatic heterocycles. The molecule has 0 radical (unpaired) electrons. The Morgan fingerprint density at radius 2 is 1.60 bits per heavy atom. The number of amides is 2. The fourth-order valence-electron chi connectivity index (χ4n) is 5.46. The highest BCUT2D eigenvalue weighted by Crippen LogP contribution is 2.59. The normalized spacial score (nSPS) is 32.8. The summed E-state index contributed by atoms with van der Waals surface area (Å²) >= 11 is 3.45. The molecular formula is C20H23BrN2O2. The lowest BCUT2D eigenvalue weighted by atomic mass is 9.49. The molecule has 4 bridgehead atoms. The van der Waals surface area contributed by atoms with Gasteiger partial charge in [0.15, 0.2) is 0 Å². The van der Waals surface area contributed by atoms with Crippen LogP contribution in [0.3, 0.4) is 0 Å². The van der Waals surface area contributed by atoms with Gasteiger partial charge >= 0.3 is 0 Å². The minimum absolute atomic E-state index is 0.00856. The first kappa shape index (κ1) is 16.8. The maximum Gasteiger partial charge on any atom is 0.262 e. The zero-order valence-corrected chi connectivity index (χ0v) is 15.7.